The van der Waals surface area contributed by atoms with Gasteiger partial charge < -0.3 is 6.15 Å². The van der Waals surface area contributed by atoms with Gasteiger partial charge in [0.25, 0.3) is 20.2 Å². The van der Waals surface area contributed by atoms with Gasteiger partial charge >= 0.3 is 0 Å². The fourth-order valence-corrected chi connectivity index (χ4v) is 7.43. The van der Waals surface area contributed by atoms with Crippen LogP contribution in [0.1, 0.15) is 115 Å². The Morgan fingerprint density at radius 2 is 0.919 bits per heavy atom. The number of unbranched alkanes of at least 4 members (excludes halogenated alkanes) is 12. The molecule has 2 rings (SSSR count). The maximum Gasteiger partial charge on any atom is 0.296 e. The molecule has 0 aromatic heterocycles. The predicted octanol–water partition coefficient (Wildman–Crippen LogP) is 8.08. The van der Waals surface area contributed by atoms with Gasteiger partial charge in [0.2, 0.25) is 0 Å². The Kier molecular flexibility index (Phi) is 14.9. The zero-order valence-electron chi connectivity index (χ0n) is 22.7. The third-order valence-corrected chi connectivity index (χ3v) is 8.95. The first kappa shape index (κ1) is 33.5. The van der Waals surface area contributed by atoms with E-state index >= 15 is 0 Å². The number of rotatable bonds is 18. The van der Waals surface area contributed by atoms with E-state index in [9.17, 15) is 25.9 Å². The molecular formula is C28H47NO6S2. The topological polar surface area (TPSA) is 144 Å². The predicted molar refractivity (Wildman–Crippen MR) is 152 cm³/mol. The Bertz CT molecular complexity index is 1180. The van der Waals surface area contributed by atoms with Crippen LogP contribution in [0.5, 0.6) is 0 Å². The van der Waals surface area contributed by atoms with Crippen molar-refractivity contribution < 1.29 is 25.9 Å². The summed E-state index contributed by atoms with van der Waals surface area (Å²) in [4.78, 5) is -1.35. The third-order valence-electron chi connectivity index (χ3n) is 6.92. The molecule has 7 nitrogen and oxygen atoms in total. The first-order valence-electron chi connectivity index (χ1n) is 13.6. The molecule has 0 saturated heterocycles. The molecule has 0 aliphatic heterocycles. The standard InChI is InChI=1S/C28H44O6S2.H3N/c1-3-5-7-9-11-13-15-19-23-24-20-17-18-22-26(24)28(36(32,33)34)27(35(29,30)31)25(23)21-16-14-12-10-8-6-4-2;/h17-18,20,22H,3-16,19,21H2,1-2H3,(H,29,30,31)(H,32,33,34);1H3. The molecule has 0 bridgehead atoms. The first-order valence-corrected chi connectivity index (χ1v) is 16.5. The molecule has 37 heavy (non-hydrogen) atoms. The molecule has 9 heteroatoms. The largest absolute Gasteiger partial charge is 0.344 e. The van der Waals surface area contributed by atoms with Gasteiger partial charge in [0.1, 0.15) is 9.79 Å². The molecule has 0 atom stereocenters. The second-order valence-corrected chi connectivity index (χ2v) is 12.6. The van der Waals surface area contributed by atoms with Gasteiger partial charge in [-0.25, -0.2) is 0 Å². The maximum absolute atomic E-state index is 12.6. The van der Waals surface area contributed by atoms with E-state index in [2.05, 4.69) is 13.8 Å². The highest BCUT2D eigenvalue weighted by Crippen LogP contribution is 2.38. The Morgan fingerprint density at radius 1 is 0.541 bits per heavy atom. The molecule has 0 spiro atoms. The van der Waals surface area contributed by atoms with Gasteiger partial charge in [-0.1, -0.05) is 115 Å². The summed E-state index contributed by atoms with van der Waals surface area (Å²) >= 11 is 0. The SMILES string of the molecule is CCCCCCCCCc1c(S(=O)(=O)O)c(S(=O)(=O)O)c2ccccc2c1CCCCCCCCC.N. The van der Waals surface area contributed by atoms with Crippen LogP contribution in [0.4, 0.5) is 0 Å². The number of hydrogen-bond acceptors (Lipinski definition) is 5. The lowest BCUT2D eigenvalue weighted by atomic mass is 9.91. The zero-order chi connectivity index (χ0) is 26.6. The molecule has 0 aliphatic carbocycles. The van der Waals surface area contributed by atoms with Crippen LogP contribution in [0.3, 0.4) is 0 Å². The molecule has 0 fully saturated rings. The van der Waals surface area contributed by atoms with E-state index in [1.54, 1.807) is 18.2 Å². The summed E-state index contributed by atoms with van der Waals surface area (Å²) in [6, 6.07) is 6.68. The Hall–Kier alpha value is -1.52. The molecule has 2 aromatic carbocycles. The Labute approximate surface area is 224 Å². The monoisotopic (exact) mass is 557 g/mol. The number of hydrogen-bond donors (Lipinski definition) is 3. The highest BCUT2D eigenvalue weighted by Gasteiger charge is 2.32. The average molecular weight is 558 g/mol. The molecule has 5 N–H and O–H groups in total. The molecule has 0 amide bonds. The van der Waals surface area contributed by atoms with Gasteiger partial charge in [-0.3, -0.25) is 9.11 Å². The van der Waals surface area contributed by atoms with E-state index < -0.39 is 30.0 Å². The molecule has 0 aliphatic rings. The summed E-state index contributed by atoms with van der Waals surface area (Å²) in [5.41, 5.74) is 1.11. The van der Waals surface area contributed by atoms with Crippen LogP contribution >= 0.6 is 0 Å². The van der Waals surface area contributed by atoms with E-state index in [1.807, 2.05) is 0 Å². The smallest absolute Gasteiger partial charge is 0.296 e. The quantitative estimate of drug-likeness (QED) is 0.124. The summed E-state index contributed by atoms with van der Waals surface area (Å²) in [5, 5.41) is 0.760. The van der Waals surface area contributed by atoms with Crippen molar-refractivity contribution in [3.8, 4) is 0 Å². The molecular weight excluding hydrogens is 510 g/mol. The molecule has 0 radical (unpaired) electrons. The van der Waals surface area contributed by atoms with Crippen molar-refractivity contribution in [1.82, 2.24) is 6.15 Å². The van der Waals surface area contributed by atoms with E-state index in [-0.39, 0.29) is 11.5 Å². The van der Waals surface area contributed by atoms with Crippen molar-refractivity contribution in [1.29, 1.82) is 0 Å². The zero-order valence-corrected chi connectivity index (χ0v) is 24.3. The normalized spacial score (nSPS) is 12.1. The second kappa shape index (κ2) is 16.4. The van der Waals surface area contributed by atoms with Gasteiger partial charge in [-0.05, 0) is 42.2 Å². The van der Waals surface area contributed by atoms with E-state index in [0.717, 1.165) is 56.9 Å². The van der Waals surface area contributed by atoms with Crippen molar-refractivity contribution in [2.24, 2.45) is 0 Å². The summed E-state index contributed by atoms with van der Waals surface area (Å²) in [6.45, 7) is 4.34. The van der Waals surface area contributed by atoms with Gasteiger partial charge in [0, 0.05) is 5.39 Å². The molecule has 212 valence electrons. The minimum atomic E-state index is -4.91. The van der Waals surface area contributed by atoms with Crippen LogP contribution < -0.4 is 6.15 Å². The molecule has 0 unspecified atom stereocenters. The van der Waals surface area contributed by atoms with Gasteiger partial charge in [-0.2, -0.15) is 16.8 Å². The lowest BCUT2D eigenvalue weighted by molar-refractivity contribution is 0.465. The van der Waals surface area contributed by atoms with E-state index in [1.165, 1.54) is 38.2 Å². The summed E-state index contributed by atoms with van der Waals surface area (Å²) < 4.78 is 70.2. The van der Waals surface area contributed by atoms with Gasteiger partial charge in [0.05, 0.1) is 0 Å². The van der Waals surface area contributed by atoms with Crippen molar-refractivity contribution >= 4 is 31.0 Å². The van der Waals surface area contributed by atoms with Gasteiger partial charge in [0.15, 0.2) is 0 Å². The minimum absolute atomic E-state index is 0. The van der Waals surface area contributed by atoms with Crippen molar-refractivity contribution in [2.75, 3.05) is 0 Å². The van der Waals surface area contributed by atoms with Crippen LogP contribution in [-0.2, 0) is 33.1 Å². The lowest BCUT2D eigenvalue weighted by Crippen LogP contribution is -2.15. The average Bonchev–Trinajstić information content (AvgIpc) is 2.81. The number of aryl methyl sites for hydroxylation is 1. The third kappa shape index (κ3) is 10.3. The fraction of sp³-hybridized carbons (Fsp3) is 0.643. The molecule has 2 aromatic rings. The summed E-state index contributed by atoms with van der Waals surface area (Å²) in [6.07, 6.45) is 15.9. The van der Waals surface area contributed by atoms with Crippen molar-refractivity contribution in [2.45, 2.75) is 126 Å². The minimum Gasteiger partial charge on any atom is -0.344 e. The highest BCUT2D eigenvalue weighted by molar-refractivity contribution is 7.89. The van der Waals surface area contributed by atoms with Crippen LogP contribution in [0, 0.1) is 0 Å². The van der Waals surface area contributed by atoms with Crippen molar-refractivity contribution in [3.05, 3.63) is 35.4 Å². The van der Waals surface area contributed by atoms with E-state index in [0.29, 0.717) is 30.2 Å². The van der Waals surface area contributed by atoms with Gasteiger partial charge in [-0.15, -0.1) is 0 Å². The molecule has 0 saturated carbocycles. The second-order valence-electron chi connectivity index (χ2n) is 9.85. The van der Waals surface area contributed by atoms with Crippen LogP contribution in [0.2, 0.25) is 0 Å². The summed E-state index contributed by atoms with van der Waals surface area (Å²) in [7, 11) is -9.81. The summed E-state index contributed by atoms with van der Waals surface area (Å²) in [5.74, 6) is 0. The first-order chi connectivity index (χ1) is 17.1. The number of benzene rings is 2. The highest BCUT2D eigenvalue weighted by atomic mass is 32.2. The maximum atomic E-state index is 12.6. The van der Waals surface area contributed by atoms with E-state index in [4.69, 9.17) is 0 Å². The Morgan fingerprint density at radius 3 is 1.35 bits per heavy atom. The fourth-order valence-electron chi connectivity index (χ4n) is 5.10. The Balaban J connectivity index is 0.00000684. The van der Waals surface area contributed by atoms with Crippen LogP contribution in [0.15, 0.2) is 34.1 Å². The van der Waals surface area contributed by atoms with Crippen LogP contribution in [-0.4, -0.2) is 25.9 Å². The van der Waals surface area contributed by atoms with Crippen LogP contribution in [0.25, 0.3) is 10.8 Å². The lowest BCUT2D eigenvalue weighted by Gasteiger charge is -2.20. The number of fused-ring (bicyclic) bond motifs is 1. The van der Waals surface area contributed by atoms with Crippen molar-refractivity contribution in [3.63, 3.8) is 0 Å². The molecule has 0 heterocycles.